The molecule has 0 saturated carbocycles. The van der Waals surface area contributed by atoms with E-state index in [9.17, 15) is 0 Å². The van der Waals surface area contributed by atoms with E-state index in [1.807, 2.05) is 0 Å². The average Bonchev–Trinajstić information content (AvgIpc) is 2.68. The second kappa shape index (κ2) is 6.52. The van der Waals surface area contributed by atoms with Crippen LogP contribution in [0.4, 0.5) is 0 Å². The molecule has 1 nitrogen and oxygen atoms in total. The van der Waals surface area contributed by atoms with Gasteiger partial charge in [0.25, 0.3) is 0 Å². The van der Waals surface area contributed by atoms with Crippen LogP contribution in [0, 0.1) is 0 Å². The Kier molecular flexibility index (Phi) is 4.07. The normalized spacial score (nSPS) is 11.2. The number of nitrogens with zero attached hydrogens (tertiary/aromatic N) is 1. The maximum atomic E-state index is 5.15. The molecular weight excluding hydrogens is 302 g/mol. The molecule has 3 aromatic carbocycles. The summed E-state index contributed by atoms with van der Waals surface area (Å²) in [4.78, 5) is 5.15. The minimum Gasteiger partial charge on any atom is -0.251 e. The zero-order chi connectivity index (χ0) is 17.2. The number of aromatic nitrogens is 1. The van der Waals surface area contributed by atoms with Gasteiger partial charge in [-0.1, -0.05) is 98.8 Å². The minimum absolute atomic E-state index is 0.372. The topological polar surface area (TPSA) is 12.9 Å². The van der Waals surface area contributed by atoms with Crippen molar-refractivity contribution < 1.29 is 0 Å². The second-order valence-corrected chi connectivity index (χ2v) is 6.65. The van der Waals surface area contributed by atoms with Crippen molar-refractivity contribution in [3.05, 3.63) is 90.6 Å². The third-order valence-electron chi connectivity index (χ3n) is 4.60. The number of rotatable bonds is 3. The highest BCUT2D eigenvalue weighted by atomic mass is 14.7. The SMILES string of the molecule is CC(C)c1nc(-c2ccccc2)c(-c2ccccc2)c2ccccc12. The molecule has 4 aromatic rings. The van der Waals surface area contributed by atoms with Gasteiger partial charge in [-0.3, -0.25) is 4.98 Å². The number of hydrogen-bond donors (Lipinski definition) is 0. The van der Waals surface area contributed by atoms with Gasteiger partial charge in [-0.05, 0) is 16.9 Å². The summed E-state index contributed by atoms with van der Waals surface area (Å²) in [5, 5.41) is 2.52. The highest BCUT2D eigenvalue weighted by Crippen LogP contribution is 2.39. The molecule has 0 atom stereocenters. The third-order valence-corrected chi connectivity index (χ3v) is 4.60. The summed E-state index contributed by atoms with van der Waals surface area (Å²) in [6, 6.07) is 29.7. The number of pyridine rings is 1. The fraction of sp³-hybridized carbons (Fsp3) is 0.125. The minimum atomic E-state index is 0.372. The number of fused-ring (bicyclic) bond motifs is 1. The summed E-state index contributed by atoms with van der Waals surface area (Å²) in [5.74, 6) is 0.372. The Labute approximate surface area is 149 Å². The zero-order valence-corrected chi connectivity index (χ0v) is 14.6. The molecular formula is C24H21N. The number of benzene rings is 3. The van der Waals surface area contributed by atoms with Crippen molar-refractivity contribution in [2.75, 3.05) is 0 Å². The van der Waals surface area contributed by atoms with E-state index in [-0.39, 0.29) is 0 Å². The van der Waals surface area contributed by atoms with Crippen molar-refractivity contribution in [3.63, 3.8) is 0 Å². The van der Waals surface area contributed by atoms with E-state index in [1.54, 1.807) is 0 Å². The Hall–Kier alpha value is -2.93. The summed E-state index contributed by atoms with van der Waals surface area (Å²) in [5.41, 5.74) is 5.81. The Morgan fingerprint density at radius 1 is 0.600 bits per heavy atom. The van der Waals surface area contributed by atoms with Crippen molar-refractivity contribution >= 4 is 10.8 Å². The van der Waals surface area contributed by atoms with Crippen LogP contribution in [0.25, 0.3) is 33.2 Å². The monoisotopic (exact) mass is 323 g/mol. The quantitative estimate of drug-likeness (QED) is 0.409. The fourth-order valence-electron chi connectivity index (χ4n) is 3.43. The molecule has 1 aromatic heterocycles. The Morgan fingerprint density at radius 2 is 1.12 bits per heavy atom. The third kappa shape index (κ3) is 2.83. The average molecular weight is 323 g/mol. The Bertz CT molecular complexity index is 1000. The highest BCUT2D eigenvalue weighted by Gasteiger charge is 2.17. The van der Waals surface area contributed by atoms with Gasteiger partial charge in [-0.2, -0.15) is 0 Å². The fourth-order valence-corrected chi connectivity index (χ4v) is 3.43. The molecule has 0 aliphatic carbocycles. The van der Waals surface area contributed by atoms with Gasteiger partial charge in [0.05, 0.1) is 11.4 Å². The smallest absolute Gasteiger partial charge is 0.0790 e. The Morgan fingerprint density at radius 3 is 1.72 bits per heavy atom. The lowest BCUT2D eigenvalue weighted by Gasteiger charge is -2.18. The predicted octanol–water partition coefficient (Wildman–Crippen LogP) is 6.69. The van der Waals surface area contributed by atoms with Crippen LogP contribution in [0.2, 0.25) is 0 Å². The molecule has 0 spiro atoms. The molecule has 0 amide bonds. The molecule has 122 valence electrons. The molecule has 1 heteroatoms. The van der Waals surface area contributed by atoms with Gasteiger partial charge < -0.3 is 0 Å². The maximum absolute atomic E-state index is 5.15. The van der Waals surface area contributed by atoms with Gasteiger partial charge in [-0.15, -0.1) is 0 Å². The van der Waals surface area contributed by atoms with Crippen molar-refractivity contribution in [2.24, 2.45) is 0 Å². The van der Waals surface area contributed by atoms with E-state index >= 15 is 0 Å². The summed E-state index contributed by atoms with van der Waals surface area (Å²) >= 11 is 0. The lowest BCUT2D eigenvalue weighted by atomic mass is 9.91. The van der Waals surface area contributed by atoms with Crippen LogP contribution in [0.3, 0.4) is 0 Å². The molecule has 1 heterocycles. The van der Waals surface area contributed by atoms with E-state index in [1.165, 1.54) is 21.9 Å². The first-order valence-electron chi connectivity index (χ1n) is 8.79. The van der Waals surface area contributed by atoms with Crippen LogP contribution >= 0.6 is 0 Å². The molecule has 0 radical (unpaired) electrons. The molecule has 0 unspecified atom stereocenters. The standard InChI is InChI=1S/C24H21N/c1-17(2)23-21-16-10-9-15-20(21)22(18-11-5-3-6-12-18)24(25-23)19-13-7-4-8-14-19/h3-17H,1-2H3. The van der Waals surface area contributed by atoms with Crippen LogP contribution < -0.4 is 0 Å². The molecule has 0 N–H and O–H groups in total. The van der Waals surface area contributed by atoms with E-state index < -0.39 is 0 Å². The highest BCUT2D eigenvalue weighted by molar-refractivity contribution is 6.03. The first kappa shape index (κ1) is 15.6. The van der Waals surface area contributed by atoms with E-state index in [0.717, 1.165) is 17.0 Å². The van der Waals surface area contributed by atoms with Crippen LogP contribution in [0.15, 0.2) is 84.9 Å². The van der Waals surface area contributed by atoms with E-state index in [2.05, 4.69) is 98.8 Å². The molecule has 0 bridgehead atoms. The maximum Gasteiger partial charge on any atom is 0.0790 e. The second-order valence-electron chi connectivity index (χ2n) is 6.65. The van der Waals surface area contributed by atoms with Crippen molar-refractivity contribution in [3.8, 4) is 22.4 Å². The summed E-state index contributed by atoms with van der Waals surface area (Å²) in [6.45, 7) is 4.43. The van der Waals surface area contributed by atoms with Crippen molar-refractivity contribution in [2.45, 2.75) is 19.8 Å². The predicted molar refractivity (Wildman–Crippen MR) is 107 cm³/mol. The van der Waals surface area contributed by atoms with Gasteiger partial charge in [0, 0.05) is 16.5 Å². The summed E-state index contributed by atoms with van der Waals surface area (Å²) < 4.78 is 0. The molecule has 25 heavy (non-hydrogen) atoms. The summed E-state index contributed by atoms with van der Waals surface area (Å²) in [6.07, 6.45) is 0. The lowest BCUT2D eigenvalue weighted by molar-refractivity contribution is 0.836. The molecule has 0 aliphatic heterocycles. The molecule has 0 saturated heterocycles. The van der Waals surface area contributed by atoms with Gasteiger partial charge in [-0.25, -0.2) is 0 Å². The van der Waals surface area contributed by atoms with Crippen LogP contribution in [-0.4, -0.2) is 4.98 Å². The zero-order valence-electron chi connectivity index (χ0n) is 14.6. The molecule has 0 fully saturated rings. The van der Waals surface area contributed by atoms with E-state index in [4.69, 9.17) is 4.98 Å². The van der Waals surface area contributed by atoms with Crippen LogP contribution in [-0.2, 0) is 0 Å². The van der Waals surface area contributed by atoms with Gasteiger partial charge in [0.1, 0.15) is 0 Å². The summed E-state index contributed by atoms with van der Waals surface area (Å²) in [7, 11) is 0. The lowest BCUT2D eigenvalue weighted by Crippen LogP contribution is -2.00. The number of hydrogen-bond acceptors (Lipinski definition) is 1. The van der Waals surface area contributed by atoms with Gasteiger partial charge >= 0.3 is 0 Å². The first-order chi connectivity index (χ1) is 12.3. The van der Waals surface area contributed by atoms with Gasteiger partial charge in [0.15, 0.2) is 0 Å². The van der Waals surface area contributed by atoms with Gasteiger partial charge in [0.2, 0.25) is 0 Å². The Balaban J connectivity index is 2.15. The largest absolute Gasteiger partial charge is 0.251 e. The van der Waals surface area contributed by atoms with Crippen molar-refractivity contribution in [1.82, 2.24) is 4.98 Å². The van der Waals surface area contributed by atoms with Crippen LogP contribution in [0.1, 0.15) is 25.5 Å². The van der Waals surface area contributed by atoms with E-state index in [0.29, 0.717) is 5.92 Å². The first-order valence-corrected chi connectivity index (χ1v) is 8.79. The molecule has 4 rings (SSSR count). The van der Waals surface area contributed by atoms with Crippen molar-refractivity contribution in [1.29, 1.82) is 0 Å². The molecule has 0 aliphatic rings. The van der Waals surface area contributed by atoms with Crippen LogP contribution in [0.5, 0.6) is 0 Å².